The van der Waals surface area contributed by atoms with Crippen LogP contribution in [0.25, 0.3) is 0 Å². The molecule has 0 saturated heterocycles. The second-order valence-electron chi connectivity index (χ2n) is 5.61. The Morgan fingerprint density at radius 3 is 2.18 bits per heavy atom. The molecule has 0 spiro atoms. The number of unbranched alkanes of at least 4 members (excludes halogenated alkanes) is 5. The number of carboxylic acids is 1. The van der Waals surface area contributed by atoms with Gasteiger partial charge >= 0.3 is 5.97 Å². The minimum absolute atomic E-state index is 0.0456. The van der Waals surface area contributed by atoms with Crippen molar-refractivity contribution >= 4 is 5.97 Å². The highest BCUT2D eigenvalue weighted by atomic mass is 16.4. The third-order valence-electron chi connectivity index (χ3n) is 4.16. The third-order valence-corrected chi connectivity index (χ3v) is 4.16. The molecule has 1 aliphatic rings. The summed E-state index contributed by atoms with van der Waals surface area (Å²) in [5.41, 5.74) is 0. The third kappa shape index (κ3) is 6.09. The summed E-state index contributed by atoms with van der Waals surface area (Å²) < 4.78 is 0. The predicted molar refractivity (Wildman–Crippen MR) is 71.1 cm³/mol. The van der Waals surface area contributed by atoms with Crippen LogP contribution in [0.15, 0.2) is 0 Å². The minimum atomic E-state index is -0.581. The van der Waals surface area contributed by atoms with E-state index in [0.29, 0.717) is 0 Å². The molecule has 1 rings (SSSR count). The van der Waals surface area contributed by atoms with Crippen LogP contribution in [-0.2, 0) is 4.79 Å². The summed E-state index contributed by atoms with van der Waals surface area (Å²) in [5.74, 6) is 0.190. The first-order valence-electron chi connectivity index (χ1n) is 7.46. The summed E-state index contributed by atoms with van der Waals surface area (Å²) in [7, 11) is 0. The Kier molecular flexibility index (Phi) is 7.30. The highest BCUT2D eigenvalue weighted by Gasteiger charge is 2.25. The summed E-state index contributed by atoms with van der Waals surface area (Å²) in [4.78, 5) is 10.8. The van der Waals surface area contributed by atoms with Crippen LogP contribution in [0.3, 0.4) is 0 Å². The normalized spacial score (nSPS) is 24.8. The molecule has 17 heavy (non-hydrogen) atoms. The van der Waals surface area contributed by atoms with Gasteiger partial charge in [-0.3, -0.25) is 4.79 Å². The summed E-state index contributed by atoms with van der Waals surface area (Å²) >= 11 is 0. The molecule has 0 heterocycles. The van der Waals surface area contributed by atoms with Crippen molar-refractivity contribution in [3.63, 3.8) is 0 Å². The predicted octanol–water partition coefficient (Wildman–Crippen LogP) is 4.63. The topological polar surface area (TPSA) is 37.3 Å². The van der Waals surface area contributed by atoms with Crippen LogP contribution in [0, 0.1) is 11.8 Å². The molecule has 0 unspecified atom stereocenters. The lowest BCUT2D eigenvalue weighted by Gasteiger charge is -2.25. The lowest BCUT2D eigenvalue weighted by molar-refractivity contribution is -0.143. The number of rotatable bonds is 8. The Labute approximate surface area is 106 Å². The second kappa shape index (κ2) is 8.54. The van der Waals surface area contributed by atoms with E-state index in [-0.39, 0.29) is 5.92 Å². The van der Waals surface area contributed by atoms with E-state index in [1.165, 1.54) is 44.9 Å². The number of aliphatic carboxylic acids is 1. The van der Waals surface area contributed by atoms with Gasteiger partial charge in [-0.1, -0.05) is 51.9 Å². The van der Waals surface area contributed by atoms with E-state index in [1.807, 2.05) is 0 Å². The molecule has 1 N–H and O–H groups in total. The molecule has 0 aromatic carbocycles. The van der Waals surface area contributed by atoms with Crippen molar-refractivity contribution in [3.05, 3.63) is 0 Å². The highest BCUT2D eigenvalue weighted by molar-refractivity contribution is 5.69. The summed E-state index contributed by atoms with van der Waals surface area (Å²) in [6.45, 7) is 2.25. The van der Waals surface area contributed by atoms with E-state index in [2.05, 4.69) is 6.92 Å². The van der Waals surface area contributed by atoms with Gasteiger partial charge in [-0.2, -0.15) is 0 Å². The average Bonchev–Trinajstić information content (AvgIpc) is 2.34. The van der Waals surface area contributed by atoms with Crippen molar-refractivity contribution in [2.45, 2.75) is 77.6 Å². The fourth-order valence-electron chi connectivity index (χ4n) is 2.91. The van der Waals surface area contributed by atoms with E-state index < -0.39 is 5.97 Å². The average molecular weight is 240 g/mol. The zero-order valence-electron chi connectivity index (χ0n) is 11.3. The van der Waals surface area contributed by atoms with Crippen molar-refractivity contribution in [3.8, 4) is 0 Å². The van der Waals surface area contributed by atoms with Gasteiger partial charge in [0.25, 0.3) is 0 Å². The number of hydrogen-bond donors (Lipinski definition) is 1. The van der Waals surface area contributed by atoms with E-state index in [0.717, 1.165) is 31.6 Å². The molecule has 0 bridgehead atoms. The van der Waals surface area contributed by atoms with Gasteiger partial charge in [0.2, 0.25) is 0 Å². The lowest BCUT2D eigenvalue weighted by Crippen LogP contribution is -2.21. The maximum absolute atomic E-state index is 10.8. The van der Waals surface area contributed by atoms with Gasteiger partial charge < -0.3 is 5.11 Å². The van der Waals surface area contributed by atoms with E-state index in [1.54, 1.807) is 0 Å². The van der Waals surface area contributed by atoms with Crippen LogP contribution >= 0.6 is 0 Å². The molecule has 1 saturated carbocycles. The van der Waals surface area contributed by atoms with Crippen molar-refractivity contribution in [2.24, 2.45) is 11.8 Å². The van der Waals surface area contributed by atoms with Crippen molar-refractivity contribution in [2.75, 3.05) is 0 Å². The van der Waals surface area contributed by atoms with Crippen molar-refractivity contribution in [1.82, 2.24) is 0 Å². The summed E-state index contributed by atoms with van der Waals surface area (Å²) in [6.07, 6.45) is 13.6. The SMILES string of the molecule is CCCCCCCC[C@H]1CC[C@H](C(=O)O)CC1. The Morgan fingerprint density at radius 1 is 1.00 bits per heavy atom. The molecule has 0 aromatic heterocycles. The molecule has 1 fully saturated rings. The fraction of sp³-hybridized carbons (Fsp3) is 0.933. The van der Waals surface area contributed by atoms with Crippen LogP contribution in [-0.4, -0.2) is 11.1 Å². The van der Waals surface area contributed by atoms with E-state index in [9.17, 15) is 4.79 Å². The van der Waals surface area contributed by atoms with Crippen LogP contribution in [0.2, 0.25) is 0 Å². The molecular formula is C15H28O2. The van der Waals surface area contributed by atoms with E-state index >= 15 is 0 Å². The van der Waals surface area contributed by atoms with Gasteiger partial charge in [-0.25, -0.2) is 0 Å². The van der Waals surface area contributed by atoms with Crippen LogP contribution in [0.5, 0.6) is 0 Å². The first kappa shape index (κ1) is 14.5. The van der Waals surface area contributed by atoms with Gasteiger partial charge in [-0.15, -0.1) is 0 Å². The van der Waals surface area contributed by atoms with Crippen LogP contribution < -0.4 is 0 Å². The standard InChI is InChI=1S/C15H28O2/c1-2-3-4-5-6-7-8-13-9-11-14(12-10-13)15(16)17/h13-14H,2-12H2,1H3,(H,16,17)/t13-,14-. The zero-order chi connectivity index (χ0) is 12.5. The first-order valence-corrected chi connectivity index (χ1v) is 7.46. The van der Waals surface area contributed by atoms with Gasteiger partial charge in [-0.05, 0) is 31.6 Å². The molecular weight excluding hydrogens is 212 g/mol. The molecule has 0 aromatic rings. The molecule has 2 nitrogen and oxygen atoms in total. The Morgan fingerprint density at radius 2 is 1.59 bits per heavy atom. The smallest absolute Gasteiger partial charge is 0.306 e. The molecule has 0 amide bonds. The number of hydrogen-bond acceptors (Lipinski definition) is 1. The first-order chi connectivity index (χ1) is 8.24. The highest BCUT2D eigenvalue weighted by Crippen LogP contribution is 2.32. The van der Waals surface area contributed by atoms with E-state index in [4.69, 9.17) is 5.11 Å². The lowest BCUT2D eigenvalue weighted by atomic mass is 9.80. The van der Waals surface area contributed by atoms with Crippen molar-refractivity contribution in [1.29, 1.82) is 0 Å². The zero-order valence-corrected chi connectivity index (χ0v) is 11.3. The monoisotopic (exact) mass is 240 g/mol. The molecule has 0 atom stereocenters. The molecule has 2 heteroatoms. The molecule has 0 aliphatic heterocycles. The largest absolute Gasteiger partial charge is 0.481 e. The maximum atomic E-state index is 10.8. The van der Waals surface area contributed by atoms with Gasteiger partial charge in [0.1, 0.15) is 0 Å². The Balaban J connectivity index is 1.97. The number of carbonyl (C=O) groups is 1. The van der Waals surface area contributed by atoms with Gasteiger partial charge in [0.05, 0.1) is 5.92 Å². The van der Waals surface area contributed by atoms with Crippen molar-refractivity contribution < 1.29 is 9.90 Å². The molecule has 1 aliphatic carbocycles. The Bertz CT molecular complexity index is 205. The Hall–Kier alpha value is -0.530. The van der Waals surface area contributed by atoms with Gasteiger partial charge in [0.15, 0.2) is 0 Å². The van der Waals surface area contributed by atoms with Crippen LogP contribution in [0.1, 0.15) is 77.6 Å². The summed E-state index contributed by atoms with van der Waals surface area (Å²) in [5, 5.41) is 8.92. The quantitative estimate of drug-likeness (QED) is 0.628. The molecule has 100 valence electrons. The minimum Gasteiger partial charge on any atom is -0.481 e. The molecule has 0 radical (unpaired) electrons. The second-order valence-corrected chi connectivity index (χ2v) is 5.61. The fourth-order valence-corrected chi connectivity index (χ4v) is 2.91. The number of carboxylic acid groups (broad SMARTS) is 1. The van der Waals surface area contributed by atoms with Crippen LogP contribution in [0.4, 0.5) is 0 Å². The maximum Gasteiger partial charge on any atom is 0.306 e. The summed E-state index contributed by atoms with van der Waals surface area (Å²) in [6, 6.07) is 0. The van der Waals surface area contributed by atoms with Gasteiger partial charge in [0, 0.05) is 0 Å².